The highest BCUT2D eigenvalue weighted by Crippen LogP contribution is 2.37. The van der Waals surface area contributed by atoms with Crippen molar-refractivity contribution in [2.75, 3.05) is 32.7 Å². The minimum absolute atomic E-state index is 0.0167. The first-order chi connectivity index (χ1) is 20.2. The van der Waals surface area contributed by atoms with E-state index in [1.165, 1.54) is 31.4 Å². The number of aliphatic hydroxyl groups is 1. The normalized spacial score (nSPS) is 17.0. The Morgan fingerprint density at radius 3 is 2.12 bits per heavy atom. The Bertz CT molecular complexity index is 1180. The van der Waals surface area contributed by atoms with Crippen LogP contribution in [0, 0.1) is 0 Å². The molecule has 0 saturated carbocycles. The monoisotopic (exact) mass is 656 g/mol. The second-order valence-electron chi connectivity index (χ2n) is 10.6. The molecule has 0 radical (unpaired) electrons. The number of alkyl halides is 6. The summed E-state index contributed by atoms with van der Waals surface area (Å²) in [6.07, 6.45) is -6.57. The summed E-state index contributed by atoms with van der Waals surface area (Å²) in [6, 6.07) is 4.96. The van der Waals surface area contributed by atoms with Crippen molar-refractivity contribution in [3.05, 3.63) is 68.7 Å². The lowest BCUT2D eigenvalue weighted by Gasteiger charge is -2.34. The predicted molar refractivity (Wildman–Crippen MR) is 154 cm³/mol. The smallest absolute Gasteiger partial charge is 0.374 e. The number of aliphatic hydroxyl groups excluding tert-OH is 1. The highest BCUT2D eigenvalue weighted by atomic mass is 35.5. The standard InChI is InChI=1S/C29H36Cl2F6N4O2/c1-2-22(41-10-4-3-5-11-41)8-9-38-17-26(42)40-25(18-6-7-23(30)24(31)14-18)16-39-27(43)19-12-20(28(32,33)34)15-21(13-19)29(35,36)37/h6-7,12-15,22,25,27,38-39,43H,2-5,8-11,16-17H2,1H3,(H,40,42). The molecular weight excluding hydrogens is 621 g/mol. The fraction of sp³-hybridized carbons (Fsp3) is 0.552. The molecule has 240 valence electrons. The van der Waals surface area contributed by atoms with Crippen LogP contribution in [0.5, 0.6) is 0 Å². The van der Waals surface area contributed by atoms with Gasteiger partial charge in [-0.05, 0) is 86.8 Å². The summed E-state index contributed by atoms with van der Waals surface area (Å²) in [5, 5.41) is 19.4. The molecule has 1 aliphatic heterocycles. The number of amides is 1. The molecule has 3 rings (SSSR count). The van der Waals surface area contributed by atoms with Crippen molar-refractivity contribution in [2.24, 2.45) is 0 Å². The van der Waals surface area contributed by atoms with E-state index < -0.39 is 47.2 Å². The number of hydrogen-bond donors (Lipinski definition) is 4. The van der Waals surface area contributed by atoms with Gasteiger partial charge in [0.05, 0.1) is 33.8 Å². The number of halogens is 8. The Morgan fingerprint density at radius 1 is 0.930 bits per heavy atom. The molecule has 43 heavy (non-hydrogen) atoms. The zero-order valence-electron chi connectivity index (χ0n) is 23.6. The number of nitrogens with zero attached hydrogens (tertiary/aromatic N) is 1. The van der Waals surface area contributed by atoms with E-state index in [-0.39, 0.29) is 29.2 Å². The molecule has 4 N–H and O–H groups in total. The van der Waals surface area contributed by atoms with Gasteiger partial charge < -0.3 is 20.6 Å². The van der Waals surface area contributed by atoms with Crippen molar-refractivity contribution >= 4 is 29.1 Å². The van der Waals surface area contributed by atoms with Gasteiger partial charge in [0.1, 0.15) is 6.23 Å². The fourth-order valence-corrected chi connectivity index (χ4v) is 5.42. The summed E-state index contributed by atoms with van der Waals surface area (Å²) in [7, 11) is 0. The van der Waals surface area contributed by atoms with E-state index in [0.717, 1.165) is 25.9 Å². The molecule has 6 nitrogen and oxygen atoms in total. The first-order valence-electron chi connectivity index (χ1n) is 14.1. The van der Waals surface area contributed by atoms with Crippen LogP contribution >= 0.6 is 23.2 Å². The van der Waals surface area contributed by atoms with E-state index in [1.54, 1.807) is 6.07 Å². The molecule has 2 aromatic carbocycles. The minimum Gasteiger partial charge on any atom is -0.374 e. The SMILES string of the molecule is CCC(CCNCC(=O)NC(CNC(O)c1cc(C(F)(F)F)cc(C(F)(F)F)c1)c1ccc(Cl)c(Cl)c1)N1CCCCC1. The average molecular weight is 658 g/mol. The lowest BCUT2D eigenvalue weighted by atomic mass is 10.0. The highest BCUT2D eigenvalue weighted by molar-refractivity contribution is 6.42. The number of carbonyl (C=O) groups is 1. The van der Waals surface area contributed by atoms with Crippen LogP contribution in [-0.4, -0.2) is 54.7 Å². The quantitative estimate of drug-likeness (QED) is 0.110. The zero-order chi connectivity index (χ0) is 31.8. The molecule has 1 aliphatic rings. The van der Waals surface area contributed by atoms with Crippen molar-refractivity contribution < 1.29 is 36.2 Å². The second-order valence-corrected chi connectivity index (χ2v) is 11.4. The van der Waals surface area contributed by atoms with Crippen LogP contribution in [0.2, 0.25) is 10.0 Å². The molecule has 2 aromatic rings. The molecule has 0 aliphatic carbocycles. The van der Waals surface area contributed by atoms with Crippen LogP contribution in [-0.2, 0) is 17.1 Å². The van der Waals surface area contributed by atoms with Crippen LogP contribution in [0.15, 0.2) is 36.4 Å². The number of nitrogens with one attached hydrogen (secondary N) is 3. The maximum absolute atomic E-state index is 13.3. The summed E-state index contributed by atoms with van der Waals surface area (Å²) >= 11 is 12.1. The lowest BCUT2D eigenvalue weighted by Crippen LogP contribution is -2.43. The van der Waals surface area contributed by atoms with Gasteiger partial charge in [-0.1, -0.05) is 42.6 Å². The van der Waals surface area contributed by atoms with Gasteiger partial charge in [-0.25, -0.2) is 0 Å². The van der Waals surface area contributed by atoms with E-state index in [1.807, 2.05) is 0 Å². The number of benzene rings is 2. The number of rotatable bonds is 13. The summed E-state index contributed by atoms with van der Waals surface area (Å²) < 4.78 is 79.7. The molecular formula is C29H36Cl2F6N4O2. The van der Waals surface area contributed by atoms with Crippen molar-refractivity contribution in [2.45, 2.75) is 69.7 Å². The third-order valence-corrected chi connectivity index (χ3v) is 8.18. The van der Waals surface area contributed by atoms with E-state index in [0.29, 0.717) is 30.3 Å². The Labute approximate surface area is 257 Å². The van der Waals surface area contributed by atoms with E-state index in [4.69, 9.17) is 23.2 Å². The van der Waals surface area contributed by atoms with E-state index >= 15 is 0 Å². The van der Waals surface area contributed by atoms with E-state index in [9.17, 15) is 36.2 Å². The number of carbonyl (C=O) groups excluding carboxylic acids is 1. The Balaban J connectivity index is 1.67. The van der Waals surface area contributed by atoms with Gasteiger partial charge in [-0.3, -0.25) is 10.1 Å². The number of likely N-dealkylation sites (tertiary alicyclic amines) is 1. The van der Waals surface area contributed by atoms with Crippen LogP contribution < -0.4 is 16.0 Å². The maximum Gasteiger partial charge on any atom is 0.416 e. The van der Waals surface area contributed by atoms with Gasteiger partial charge in [0.2, 0.25) is 5.91 Å². The average Bonchev–Trinajstić information content (AvgIpc) is 2.96. The Morgan fingerprint density at radius 2 is 1.56 bits per heavy atom. The maximum atomic E-state index is 13.3. The molecule has 3 unspecified atom stereocenters. The zero-order valence-corrected chi connectivity index (χ0v) is 25.1. The number of hydrogen-bond acceptors (Lipinski definition) is 5. The van der Waals surface area contributed by atoms with Crippen molar-refractivity contribution in [1.29, 1.82) is 0 Å². The van der Waals surface area contributed by atoms with Crippen LogP contribution in [0.3, 0.4) is 0 Å². The van der Waals surface area contributed by atoms with Crippen molar-refractivity contribution in [3.63, 3.8) is 0 Å². The highest BCUT2D eigenvalue weighted by Gasteiger charge is 2.37. The third kappa shape index (κ3) is 10.8. The predicted octanol–water partition coefficient (Wildman–Crippen LogP) is 6.71. The molecule has 0 spiro atoms. The molecule has 0 bridgehead atoms. The summed E-state index contributed by atoms with van der Waals surface area (Å²) in [6.45, 7) is 4.60. The second kappa shape index (κ2) is 15.8. The van der Waals surface area contributed by atoms with Gasteiger partial charge in [0.25, 0.3) is 0 Å². The lowest BCUT2D eigenvalue weighted by molar-refractivity contribution is -0.143. The Kier molecular flexibility index (Phi) is 13.0. The van der Waals surface area contributed by atoms with Gasteiger partial charge in [-0.2, -0.15) is 26.3 Å². The van der Waals surface area contributed by atoms with Crippen molar-refractivity contribution in [1.82, 2.24) is 20.9 Å². The van der Waals surface area contributed by atoms with Gasteiger partial charge in [-0.15, -0.1) is 0 Å². The fourth-order valence-electron chi connectivity index (χ4n) is 5.11. The first-order valence-corrected chi connectivity index (χ1v) is 14.8. The van der Waals surface area contributed by atoms with Crippen LogP contribution in [0.4, 0.5) is 26.3 Å². The molecule has 3 atom stereocenters. The molecule has 1 amide bonds. The molecule has 1 heterocycles. The third-order valence-electron chi connectivity index (χ3n) is 7.44. The Hall–Kier alpha value is -2.09. The molecule has 1 fully saturated rings. The largest absolute Gasteiger partial charge is 0.416 e. The molecule has 0 aromatic heterocycles. The minimum atomic E-state index is -5.07. The van der Waals surface area contributed by atoms with Crippen LogP contribution in [0.1, 0.15) is 73.6 Å². The first kappa shape index (κ1) is 35.4. The van der Waals surface area contributed by atoms with Gasteiger partial charge in [0, 0.05) is 12.6 Å². The van der Waals surface area contributed by atoms with Gasteiger partial charge in [0.15, 0.2) is 0 Å². The van der Waals surface area contributed by atoms with Gasteiger partial charge >= 0.3 is 12.4 Å². The summed E-state index contributed by atoms with van der Waals surface area (Å²) in [5.41, 5.74) is -3.28. The van der Waals surface area contributed by atoms with Crippen molar-refractivity contribution in [3.8, 4) is 0 Å². The topological polar surface area (TPSA) is 76.6 Å². The molecule has 14 heteroatoms. The number of piperidine rings is 1. The summed E-state index contributed by atoms with van der Waals surface area (Å²) in [4.78, 5) is 15.3. The molecule has 1 saturated heterocycles. The van der Waals surface area contributed by atoms with Crippen LogP contribution in [0.25, 0.3) is 0 Å². The van der Waals surface area contributed by atoms with E-state index in [2.05, 4.69) is 27.8 Å². The summed E-state index contributed by atoms with van der Waals surface area (Å²) in [5.74, 6) is -0.406.